The van der Waals surface area contributed by atoms with Crippen LogP contribution in [0.5, 0.6) is 5.75 Å². The van der Waals surface area contributed by atoms with Crippen molar-refractivity contribution < 1.29 is 9.66 Å². The van der Waals surface area contributed by atoms with E-state index in [9.17, 15) is 10.1 Å². The molecule has 2 heterocycles. The van der Waals surface area contributed by atoms with Gasteiger partial charge in [0.05, 0.1) is 17.7 Å². The lowest BCUT2D eigenvalue weighted by Crippen LogP contribution is -2.08. The van der Waals surface area contributed by atoms with E-state index >= 15 is 0 Å². The van der Waals surface area contributed by atoms with Gasteiger partial charge in [-0.3, -0.25) is 10.1 Å². The maximum absolute atomic E-state index is 11.5. The van der Waals surface area contributed by atoms with Crippen molar-refractivity contribution in [3.8, 4) is 11.4 Å². The molecule has 1 aliphatic rings. The van der Waals surface area contributed by atoms with Crippen molar-refractivity contribution in [2.45, 2.75) is 25.7 Å². The zero-order valence-electron chi connectivity index (χ0n) is 15.7. The molecule has 0 fully saturated rings. The summed E-state index contributed by atoms with van der Waals surface area (Å²) in [5, 5.41) is 19.8. The Morgan fingerprint density at radius 1 is 1.21 bits per heavy atom. The Labute approximate surface area is 163 Å². The summed E-state index contributed by atoms with van der Waals surface area (Å²) in [7, 11) is 1.65. The molecular formula is C21H22N4O3. The predicted octanol–water partition coefficient (Wildman–Crippen LogP) is 4.13. The lowest BCUT2D eigenvalue weighted by molar-refractivity contribution is -0.384. The maximum atomic E-state index is 11.5. The van der Waals surface area contributed by atoms with Gasteiger partial charge in [-0.05, 0) is 43.0 Å². The zero-order valence-corrected chi connectivity index (χ0v) is 15.7. The third-order valence-corrected chi connectivity index (χ3v) is 5.03. The number of aromatic nitrogens is 2. The second-order valence-corrected chi connectivity index (χ2v) is 6.84. The van der Waals surface area contributed by atoms with E-state index in [2.05, 4.69) is 5.32 Å². The van der Waals surface area contributed by atoms with Gasteiger partial charge in [-0.25, -0.2) is 4.68 Å². The number of benzene rings is 2. The van der Waals surface area contributed by atoms with Gasteiger partial charge in [-0.1, -0.05) is 24.3 Å². The first-order chi connectivity index (χ1) is 13.7. The van der Waals surface area contributed by atoms with Gasteiger partial charge in [0.2, 0.25) is 0 Å². The normalized spacial score (nSPS) is 13.3. The highest BCUT2D eigenvalue weighted by atomic mass is 16.6. The van der Waals surface area contributed by atoms with E-state index in [1.807, 2.05) is 24.3 Å². The zero-order chi connectivity index (χ0) is 19.5. The van der Waals surface area contributed by atoms with Crippen LogP contribution in [-0.4, -0.2) is 28.4 Å². The molecule has 0 radical (unpaired) electrons. The lowest BCUT2D eigenvalue weighted by atomic mass is 10.0. The molecule has 0 saturated heterocycles. The summed E-state index contributed by atoms with van der Waals surface area (Å²) in [5.41, 5.74) is 3.70. The Morgan fingerprint density at radius 3 is 2.89 bits per heavy atom. The number of para-hydroxylation sites is 2. The number of hydrogen-bond donors (Lipinski definition) is 1. The van der Waals surface area contributed by atoms with Gasteiger partial charge in [0.15, 0.2) is 0 Å². The van der Waals surface area contributed by atoms with Crippen LogP contribution in [-0.2, 0) is 12.8 Å². The third-order valence-electron chi connectivity index (χ3n) is 5.03. The number of nitro benzene ring substituents is 1. The van der Waals surface area contributed by atoms with E-state index < -0.39 is 0 Å². The number of hydrogen-bond acceptors (Lipinski definition) is 5. The molecule has 28 heavy (non-hydrogen) atoms. The van der Waals surface area contributed by atoms with Crippen LogP contribution in [0.25, 0.3) is 5.69 Å². The number of rotatable bonds is 5. The predicted molar refractivity (Wildman–Crippen MR) is 107 cm³/mol. The molecule has 2 aromatic carbocycles. The second-order valence-electron chi connectivity index (χ2n) is 6.84. The van der Waals surface area contributed by atoms with E-state index in [1.54, 1.807) is 30.0 Å². The Hall–Kier alpha value is -3.35. The Bertz CT molecular complexity index is 1010. The van der Waals surface area contributed by atoms with Crippen LogP contribution in [0.1, 0.15) is 29.7 Å². The largest absolute Gasteiger partial charge is 0.497 e. The van der Waals surface area contributed by atoms with Crippen LogP contribution in [0.4, 0.5) is 11.5 Å². The molecule has 1 aliphatic heterocycles. The molecule has 0 bridgehead atoms. The smallest absolute Gasteiger partial charge is 0.294 e. The topological polar surface area (TPSA) is 82.2 Å². The van der Waals surface area contributed by atoms with E-state index in [0.717, 1.165) is 54.2 Å². The first-order valence-electron chi connectivity index (χ1n) is 9.38. The number of nitrogens with zero attached hydrogens (tertiary/aromatic N) is 3. The van der Waals surface area contributed by atoms with Gasteiger partial charge in [0.1, 0.15) is 17.3 Å². The molecule has 0 saturated carbocycles. The average Bonchev–Trinajstić information content (AvgIpc) is 2.89. The monoisotopic (exact) mass is 378 g/mol. The van der Waals surface area contributed by atoms with Gasteiger partial charge < -0.3 is 10.1 Å². The number of fused-ring (bicyclic) bond motifs is 1. The molecule has 3 aromatic rings. The van der Waals surface area contributed by atoms with Crippen molar-refractivity contribution in [2.24, 2.45) is 0 Å². The van der Waals surface area contributed by atoms with Gasteiger partial charge >= 0.3 is 0 Å². The number of nitro groups is 1. The van der Waals surface area contributed by atoms with Crippen LogP contribution in [0, 0.1) is 10.1 Å². The SMILES string of the molecule is COc1cccc(Cc2nn(-c3ccccc3[N+](=O)[O-])c3c2CCCCN3)c1. The van der Waals surface area contributed by atoms with Crippen molar-refractivity contribution in [1.29, 1.82) is 0 Å². The van der Waals surface area contributed by atoms with E-state index in [0.29, 0.717) is 12.1 Å². The molecule has 7 nitrogen and oxygen atoms in total. The first kappa shape index (κ1) is 18.0. The fraction of sp³-hybridized carbons (Fsp3) is 0.286. The van der Waals surface area contributed by atoms with Gasteiger partial charge in [-0.15, -0.1) is 0 Å². The Morgan fingerprint density at radius 2 is 2.07 bits per heavy atom. The average molecular weight is 378 g/mol. The van der Waals surface area contributed by atoms with Crippen molar-refractivity contribution in [1.82, 2.24) is 9.78 Å². The van der Waals surface area contributed by atoms with Crippen LogP contribution < -0.4 is 10.1 Å². The molecule has 4 rings (SSSR count). The van der Waals surface area contributed by atoms with Crippen molar-refractivity contribution in [3.05, 3.63) is 75.5 Å². The fourth-order valence-corrected chi connectivity index (χ4v) is 3.66. The molecule has 1 N–H and O–H groups in total. The molecule has 0 atom stereocenters. The van der Waals surface area contributed by atoms with Gasteiger partial charge in [0.25, 0.3) is 5.69 Å². The highest BCUT2D eigenvalue weighted by Gasteiger charge is 2.24. The van der Waals surface area contributed by atoms with E-state index in [1.165, 1.54) is 6.07 Å². The van der Waals surface area contributed by atoms with Crippen molar-refractivity contribution in [3.63, 3.8) is 0 Å². The lowest BCUT2D eigenvalue weighted by Gasteiger charge is -2.09. The summed E-state index contributed by atoms with van der Waals surface area (Å²) in [6.07, 6.45) is 3.68. The molecule has 0 aliphatic carbocycles. The number of ether oxygens (including phenoxy) is 1. The molecule has 0 unspecified atom stereocenters. The van der Waals surface area contributed by atoms with Crippen molar-refractivity contribution >= 4 is 11.5 Å². The molecule has 7 heteroatoms. The molecular weight excluding hydrogens is 356 g/mol. The standard InChI is InChI=1S/C21H22N4O3/c1-28-16-8-6-7-15(13-16)14-18-17-9-4-5-12-22-21(17)24(23-18)19-10-2-3-11-20(19)25(26)27/h2-3,6-8,10-11,13,22H,4-5,9,12,14H2,1H3. The van der Waals surface area contributed by atoms with Crippen LogP contribution in [0.3, 0.4) is 0 Å². The summed E-state index contributed by atoms with van der Waals surface area (Å²) in [4.78, 5) is 11.2. The number of anilines is 1. The van der Waals surface area contributed by atoms with Crippen molar-refractivity contribution in [2.75, 3.05) is 19.0 Å². The Kier molecular flexibility index (Phi) is 4.97. The maximum Gasteiger partial charge on any atom is 0.294 e. The first-order valence-corrected chi connectivity index (χ1v) is 9.38. The quantitative estimate of drug-likeness (QED) is 0.533. The summed E-state index contributed by atoms with van der Waals surface area (Å²) in [6.45, 7) is 0.831. The highest BCUT2D eigenvalue weighted by molar-refractivity contribution is 5.60. The van der Waals surface area contributed by atoms with Gasteiger partial charge in [-0.2, -0.15) is 5.10 Å². The summed E-state index contributed by atoms with van der Waals surface area (Å²) in [5.74, 6) is 1.67. The third kappa shape index (κ3) is 3.43. The number of methoxy groups -OCH3 is 1. The molecule has 144 valence electrons. The Balaban J connectivity index is 1.82. The van der Waals surface area contributed by atoms with Crippen LogP contribution in [0.15, 0.2) is 48.5 Å². The van der Waals surface area contributed by atoms with E-state index in [-0.39, 0.29) is 10.6 Å². The molecule has 0 spiro atoms. The summed E-state index contributed by atoms with van der Waals surface area (Å²) >= 11 is 0. The molecule has 1 aromatic heterocycles. The van der Waals surface area contributed by atoms with Gasteiger partial charge in [0, 0.05) is 24.6 Å². The highest BCUT2D eigenvalue weighted by Crippen LogP contribution is 2.32. The van der Waals surface area contributed by atoms with Crippen LogP contribution >= 0.6 is 0 Å². The number of nitrogens with one attached hydrogen (secondary N) is 1. The molecule has 0 amide bonds. The minimum absolute atomic E-state index is 0.0479. The minimum Gasteiger partial charge on any atom is -0.497 e. The van der Waals surface area contributed by atoms with E-state index in [4.69, 9.17) is 9.84 Å². The van der Waals surface area contributed by atoms with Crippen LogP contribution in [0.2, 0.25) is 0 Å². The second kappa shape index (κ2) is 7.72. The summed E-state index contributed by atoms with van der Waals surface area (Å²) < 4.78 is 7.03. The minimum atomic E-state index is -0.359. The fourth-order valence-electron chi connectivity index (χ4n) is 3.66. The summed E-state index contributed by atoms with van der Waals surface area (Å²) in [6, 6.07) is 14.7.